The minimum absolute atomic E-state index is 0.00988. The highest BCUT2D eigenvalue weighted by Gasteiger charge is 2.33. The number of nitrogens with zero attached hydrogens (tertiary/aromatic N) is 2. The average Bonchev–Trinajstić information content (AvgIpc) is 2.89. The summed E-state index contributed by atoms with van der Waals surface area (Å²) in [7, 11) is -4.12. The molecule has 0 saturated carbocycles. The van der Waals surface area contributed by atoms with Crippen molar-refractivity contribution in [2.75, 3.05) is 17.4 Å². The van der Waals surface area contributed by atoms with Crippen molar-refractivity contribution in [2.24, 2.45) is 0 Å². The topological polar surface area (TPSA) is 86.8 Å². The molecule has 0 radical (unpaired) electrons. The van der Waals surface area contributed by atoms with Gasteiger partial charge in [-0.3, -0.25) is 13.9 Å². The molecule has 7 nitrogen and oxygen atoms in total. The standard InChI is InChI=1S/C27H28BrCl2N3O4S/c1-3-25(27(35)31-4-2)32(17-19-10-13-21(29)16-24(19)30)26(34)18-33(22-14-11-20(28)12-15-22)38(36,37)23-8-6-5-7-9-23/h5-16,25H,3-4,17-18H2,1-2H3,(H,31,35). The van der Waals surface area contributed by atoms with Crippen molar-refractivity contribution >= 4 is 66.7 Å². The van der Waals surface area contributed by atoms with Crippen LogP contribution in [-0.4, -0.2) is 44.3 Å². The van der Waals surface area contributed by atoms with Gasteiger partial charge in [0.1, 0.15) is 12.6 Å². The molecule has 0 aliphatic carbocycles. The number of nitrogens with one attached hydrogen (secondary N) is 1. The number of rotatable bonds is 11. The maximum atomic E-state index is 13.9. The number of hydrogen-bond acceptors (Lipinski definition) is 4. The van der Waals surface area contributed by atoms with Gasteiger partial charge in [-0.25, -0.2) is 8.42 Å². The SMILES string of the molecule is CCNC(=O)C(CC)N(Cc1ccc(Cl)cc1Cl)C(=O)CN(c1ccc(Br)cc1)S(=O)(=O)c1ccccc1. The molecule has 2 amide bonds. The van der Waals surface area contributed by atoms with E-state index in [1.54, 1.807) is 74.5 Å². The number of amides is 2. The van der Waals surface area contributed by atoms with Crippen LogP contribution in [0, 0.1) is 0 Å². The first-order valence-corrected chi connectivity index (χ1v) is 14.9. The first-order valence-electron chi connectivity index (χ1n) is 11.9. The summed E-state index contributed by atoms with van der Waals surface area (Å²) in [4.78, 5) is 28.3. The van der Waals surface area contributed by atoms with E-state index < -0.39 is 28.5 Å². The Morgan fingerprint density at radius 1 is 0.974 bits per heavy atom. The van der Waals surface area contributed by atoms with Crippen LogP contribution in [0.15, 0.2) is 82.2 Å². The normalized spacial score (nSPS) is 12.0. The minimum Gasteiger partial charge on any atom is -0.355 e. The lowest BCUT2D eigenvalue weighted by Gasteiger charge is -2.33. The van der Waals surface area contributed by atoms with E-state index in [9.17, 15) is 18.0 Å². The van der Waals surface area contributed by atoms with Crippen molar-refractivity contribution < 1.29 is 18.0 Å². The summed E-state index contributed by atoms with van der Waals surface area (Å²) in [6, 6.07) is 18.5. The molecule has 0 aliphatic rings. The van der Waals surface area contributed by atoms with Gasteiger partial charge in [0, 0.05) is 27.6 Å². The Bertz CT molecular complexity index is 1370. The molecule has 1 unspecified atom stereocenters. The summed E-state index contributed by atoms with van der Waals surface area (Å²) in [6.45, 7) is 3.42. The Labute approximate surface area is 241 Å². The van der Waals surface area contributed by atoms with E-state index in [1.165, 1.54) is 17.0 Å². The molecule has 3 aromatic rings. The second-order valence-corrected chi connectivity index (χ2v) is 12.0. The molecule has 38 heavy (non-hydrogen) atoms. The maximum absolute atomic E-state index is 13.9. The Balaban J connectivity index is 2.06. The predicted octanol–water partition coefficient (Wildman–Crippen LogP) is 5.89. The van der Waals surface area contributed by atoms with Crippen LogP contribution in [0.1, 0.15) is 25.8 Å². The molecule has 3 rings (SSSR count). The molecule has 0 aromatic heterocycles. The summed E-state index contributed by atoms with van der Waals surface area (Å²) in [5.74, 6) is -0.897. The molecule has 3 aromatic carbocycles. The highest BCUT2D eigenvalue weighted by Crippen LogP contribution is 2.27. The molecule has 0 bridgehead atoms. The smallest absolute Gasteiger partial charge is 0.264 e. The molecule has 202 valence electrons. The van der Waals surface area contributed by atoms with Crippen molar-refractivity contribution in [3.05, 3.63) is 92.9 Å². The number of carbonyl (C=O) groups is 2. The molecular formula is C27H28BrCl2N3O4S. The van der Waals surface area contributed by atoms with Gasteiger partial charge < -0.3 is 10.2 Å². The van der Waals surface area contributed by atoms with Crippen LogP contribution in [0.4, 0.5) is 5.69 Å². The van der Waals surface area contributed by atoms with Crippen LogP contribution in [-0.2, 0) is 26.2 Å². The lowest BCUT2D eigenvalue weighted by molar-refractivity contribution is -0.140. The van der Waals surface area contributed by atoms with Crippen LogP contribution in [0.2, 0.25) is 10.0 Å². The summed E-state index contributed by atoms with van der Waals surface area (Å²) >= 11 is 15.8. The van der Waals surface area contributed by atoms with Crippen molar-refractivity contribution in [1.82, 2.24) is 10.2 Å². The zero-order valence-corrected chi connectivity index (χ0v) is 24.8. The number of benzene rings is 3. The van der Waals surface area contributed by atoms with Gasteiger partial charge in [0.2, 0.25) is 11.8 Å². The lowest BCUT2D eigenvalue weighted by atomic mass is 10.1. The highest BCUT2D eigenvalue weighted by atomic mass is 79.9. The van der Waals surface area contributed by atoms with E-state index in [4.69, 9.17) is 23.2 Å². The number of halogens is 3. The molecule has 0 fully saturated rings. The van der Waals surface area contributed by atoms with E-state index >= 15 is 0 Å². The molecule has 0 heterocycles. The Morgan fingerprint density at radius 3 is 2.21 bits per heavy atom. The van der Waals surface area contributed by atoms with Gasteiger partial charge >= 0.3 is 0 Å². The second-order valence-electron chi connectivity index (χ2n) is 8.38. The second kappa shape index (κ2) is 13.5. The zero-order chi connectivity index (χ0) is 27.9. The van der Waals surface area contributed by atoms with Gasteiger partial charge in [-0.15, -0.1) is 0 Å². The maximum Gasteiger partial charge on any atom is 0.264 e. The van der Waals surface area contributed by atoms with E-state index in [2.05, 4.69) is 21.2 Å². The van der Waals surface area contributed by atoms with Crippen LogP contribution in [0.5, 0.6) is 0 Å². The van der Waals surface area contributed by atoms with Gasteiger partial charge in [-0.2, -0.15) is 0 Å². The fourth-order valence-corrected chi connectivity index (χ4v) is 6.07. The molecule has 0 spiro atoms. The Kier molecular flexibility index (Phi) is 10.6. The largest absolute Gasteiger partial charge is 0.355 e. The zero-order valence-electron chi connectivity index (χ0n) is 20.9. The summed E-state index contributed by atoms with van der Waals surface area (Å²) in [5, 5.41) is 3.53. The monoisotopic (exact) mass is 639 g/mol. The molecular weight excluding hydrogens is 613 g/mol. The van der Waals surface area contributed by atoms with Gasteiger partial charge in [0.25, 0.3) is 10.0 Å². The number of anilines is 1. The third-order valence-electron chi connectivity index (χ3n) is 5.82. The summed E-state index contributed by atoms with van der Waals surface area (Å²) < 4.78 is 29.3. The quantitative estimate of drug-likeness (QED) is 0.283. The van der Waals surface area contributed by atoms with Gasteiger partial charge in [0.15, 0.2) is 0 Å². The van der Waals surface area contributed by atoms with Crippen LogP contribution in [0.3, 0.4) is 0 Å². The lowest BCUT2D eigenvalue weighted by Crippen LogP contribution is -2.52. The van der Waals surface area contributed by atoms with E-state index in [1.807, 2.05) is 0 Å². The third-order valence-corrected chi connectivity index (χ3v) is 8.72. The predicted molar refractivity (Wildman–Crippen MR) is 155 cm³/mol. The Hall–Kier alpha value is -2.59. The fourth-order valence-electron chi connectivity index (χ4n) is 3.90. The van der Waals surface area contributed by atoms with Crippen molar-refractivity contribution in [3.8, 4) is 0 Å². The number of hydrogen-bond donors (Lipinski definition) is 1. The molecule has 11 heteroatoms. The molecule has 0 saturated heterocycles. The van der Waals surface area contributed by atoms with Crippen molar-refractivity contribution in [2.45, 2.75) is 37.8 Å². The third kappa shape index (κ3) is 7.28. The number of sulfonamides is 1. The molecule has 1 atom stereocenters. The van der Waals surface area contributed by atoms with E-state index in [0.29, 0.717) is 34.3 Å². The fraction of sp³-hybridized carbons (Fsp3) is 0.259. The van der Waals surface area contributed by atoms with E-state index in [-0.39, 0.29) is 17.3 Å². The molecule has 1 N–H and O–H groups in total. The highest BCUT2D eigenvalue weighted by molar-refractivity contribution is 9.10. The van der Waals surface area contributed by atoms with Crippen LogP contribution < -0.4 is 9.62 Å². The summed E-state index contributed by atoms with van der Waals surface area (Å²) in [6.07, 6.45) is 0.312. The van der Waals surface area contributed by atoms with Crippen molar-refractivity contribution in [3.63, 3.8) is 0 Å². The molecule has 0 aliphatic heterocycles. The average molecular weight is 641 g/mol. The minimum atomic E-state index is -4.12. The summed E-state index contributed by atoms with van der Waals surface area (Å²) in [5.41, 5.74) is 0.884. The van der Waals surface area contributed by atoms with Crippen LogP contribution in [0.25, 0.3) is 0 Å². The van der Waals surface area contributed by atoms with Gasteiger partial charge in [-0.1, -0.05) is 70.3 Å². The Morgan fingerprint density at radius 2 is 1.63 bits per heavy atom. The van der Waals surface area contributed by atoms with Gasteiger partial charge in [-0.05, 0) is 67.4 Å². The number of carbonyl (C=O) groups excluding carboxylic acids is 2. The first-order chi connectivity index (χ1) is 18.1. The first kappa shape index (κ1) is 30.0. The van der Waals surface area contributed by atoms with Gasteiger partial charge in [0.05, 0.1) is 10.6 Å². The number of likely N-dealkylation sites (N-methyl/N-ethyl adjacent to an activating group) is 1. The van der Waals surface area contributed by atoms with Crippen LogP contribution >= 0.6 is 39.1 Å². The van der Waals surface area contributed by atoms with Crippen molar-refractivity contribution in [1.29, 1.82) is 0 Å². The van der Waals surface area contributed by atoms with E-state index in [0.717, 1.165) is 8.78 Å².